The number of benzene rings is 8. The summed E-state index contributed by atoms with van der Waals surface area (Å²) < 4.78 is 2.10. The van der Waals surface area contributed by atoms with E-state index in [4.69, 9.17) is 0 Å². The average Bonchev–Trinajstić information content (AvgIpc) is 3.20. The number of anilines is 3. The van der Waals surface area contributed by atoms with Crippen molar-refractivity contribution in [3.8, 4) is 55.6 Å². The molecule has 0 heterocycles. The molecule has 3 heteroatoms. The van der Waals surface area contributed by atoms with Crippen LogP contribution in [-0.2, 0) is 0 Å². The first kappa shape index (κ1) is 32.7. The summed E-state index contributed by atoms with van der Waals surface area (Å²) >= 11 is 7.24. The molecule has 0 aliphatic heterocycles. The van der Waals surface area contributed by atoms with Crippen LogP contribution < -0.4 is 4.90 Å². The third kappa shape index (κ3) is 6.83. The maximum absolute atomic E-state index is 3.62. The van der Waals surface area contributed by atoms with Gasteiger partial charge in [-0.25, -0.2) is 0 Å². The Morgan fingerprint density at radius 2 is 0.569 bits per heavy atom. The van der Waals surface area contributed by atoms with Gasteiger partial charge in [0.15, 0.2) is 0 Å². The van der Waals surface area contributed by atoms with E-state index < -0.39 is 0 Å². The van der Waals surface area contributed by atoms with Crippen LogP contribution in [0, 0.1) is 0 Å². The normalized spacial score (nSPS) is 10.9. The predicted octanol–water partition coefficient (Wildman–Crippen LogP) is 15.0. The van der Waals surface area contributed by atoms with Crippen molar-refractivity contribution in [2.75, 3.05) is 4.90 Å². The molecule has 51 heavy (non-hydrogen) atoms. The molecule has 0 spiro atoms. The molecule has 0 saturated carbocycles. The van der Waals surface area contributed by atoms with Gasteiger partial charge in [-0.2, -0.15) is 0 Å². The molecule has 0 saturated heterocycles. The maximum atomic E-state index is 3.62. The molecule has 0 unspecified atom stereocenters. The van der Waals surface area contributed by atoms with Crippen LogP contribution in [0.15, 0.2) is 209 Å². The molecular formula is C48H33Br2N. The fraction of sp³-hybridized carbons (Fsp3) is 0. The molecule has 8 rings (SSSR count). The van der Waals surface area contributed by atoms with Crippen molar-refractivity contribution >= 4 is 48.9 Å². The van der Waals surface area contributed by atoms with Gasteiger partial charge >= 0.3 is 0 Å². The standard InChI is InChI=1S/C48H33Br2N/c49-39-23-29-42(30-24-39)51(43-31-25-40(50)26-32-43)41-27-21-35(22-28-41)45-33-44(34-13-5-1-6-14-34)46(36-15-7-2-8-16-36)48(38-19-11-4-12-20-38)47(45)37-17-9-3-10-18-37/h1-33H. The zero-order valence-electron chi connectivity index (χ0n) is 27.8. The van der Waals surface area contributed by atoms with E-state index in [1.54, 1.807) is 0 Å². The number of hydrogen-bond donors (Lipinski definition) is 0. The van der Waals surface area contributed by atoms with Crippen LogP contribution in [0.5, 0.6) is 0 Å². The van der Waals surface area contributed by atoms with Crippen molar-refractivity contribution in [1.82, 2.24) is 0 Å². The van der Waals surface area contributed by atoms with Crippen LogP contribution in [0.25, 0.3) is 55.6 Å². The Bertz CT molecular complexity index is 2330. The zero-order chi connectivity index (χ0) is 34.6. The summed E-state index contributed by atoms with van der Waals surface area (Å²) in [6.45, 7) is 0. The van der Waals surface area contributed by atoms with Gasteiger partial charge in [-0.3, -0.25) is 0 Å². The Morgan fingerprint density at radius 3 is 0.941 bits per heavy atom. The van der Waals surface area contributed by atoms with E-state index >= 15 is 0 Å². The highest BCUT2D eigenvalue weighted by molar-refractivity contribution is 9.10. The Balaban J connectivity index is 1.40. The Kier molecular flexibility index (Phi) is 9.48. The molecule has 1 nitrogen and oxygen atoms in total. The Hall–Kier alpha value is -5.48. The third-order valence-electron chi connectivity index (χ3n) is 9.21. The summed E-state index contributed by atoms with van der Waals surface area (Å²) in [6, 6.07) is 71.7. The number of halogens is 2. The van der Waals surface area contributed by atoms with E-state index in [1.807, 2.05) is 0 Å². The topological polar surface area (TPSA) is 3.24 Å². The second kappa shape index (κ2) is 14.8. The molecule has 8 aromatic rings. The van der Waals surface area contributed by atoms with Crippen LogP contribution in [0.4, 0.5) is 17.1 Å². The lowest BCUT2D eigenvalue weighted by Gasteiger charge is -2.27. The average molecular weight is 784 g/mol. The molecular weight excluding hydrogens is 750 g/mol. The van der Waals surface area contributed by atoms with Gasteiger partial charge in [-0.15, -0.1) is 0 Å². The minimum absolute atomic E-state index is 1.05. The lowest BCUT2D eigenvalue weighted by Crippen LogP contribution is -2.09. The van der Waals surface area contributed by atoms with Crippen LogP contribution in [0.1, 0.15) is 0 Å². The monoisotopic (exact) mass is 781 g/mol. The second-order valence-corrected chi connectivity index (χ2v) is 14.2. The number of hydrogen-bond acceptors (Lipinski definition) is 1. The molecule has 0 aliphatic rings. The summed E-state index contributed by atoms with van der Waals surface area (Å²) in [5.74, 6) is 0. The molecule has 0 atom stereocenters. The van der Waals surface area contributed by atoms with Crippen molar-refractivity contribution in [3.63, 3.8) is 0 Å². The first-order valence-corrected chi connectivity index (χ1v) is 18.6. The highest BCUT2D eigenvalue weighted by Crippen LogP contribution is 2.50. The highest BCUT2D eigenvalue weighted by atomic mass is 79.9. The maximum Gasteiger partial charge on any atom is 0.0462 e. The number of nitrogens with zero attached hydrogens (tertiary/aromatic N) is 1. The Labute approximate surface area is 316 Å². The van der Waals surface area contributed by atoms with E-state index in [1.165, 1.54) is 50.1 Å². The van der Waals surface area contributed by atoms with Gasteiger partial charge in [0.1, 0.15) is 0 Å². The van der Waals surface area contributed by atoms with Crippen molar-refractivity contribution in [3.05, 3.63) is 209 Å². The summed E-state index contributed by atoms with van der Waals surface area (Å²) in [4.78, 5) is 2.30. The van der Waals surface area contributed by atoms with E-state index in [0.717, 1.165) is 31.6 Å². The molecule has 244 valence electrons. The van der Waals surface area contributed by atoms with Gasteiger partial charge < -0.3 is 4.90 Å². The molecule has 0 aromatic heterocycles. The lowest BCUT2D eigenvalue weighted by atomic mass is 9.79. The molecule has 0 bridgehead atoms. The summed E-state index contributed by atoms with van der Waals surface area (Å²) in [6.07, 6.45) is 0. The second-order valence-electron chi connectivity index (χ2n) is 12.4. The van der Waals surface area contributed by atoms with Crippen LogP contribution in [-0.4, -0.2) is 0 Å². The number of rotatable bonds is 8. The minimum Gasteiger partial charge on any atom is -0.311 e. The predicted molar refractivity (Wildman–Crippen MR) is 224 cm³/mol. The van der Waals surface area contributed by atoms with E-state index in [9.17, 15) is 0 Å². The first-order chi connectivity index (χ1) is 25.1. The molecule has 0 N–H and O–H groups in total. The smallest absolute Gasteiger partial charge is 0.0462 e. The molecule has 0 amide bonds. The van der Waals surface area contributed by atoms with E-state index in [-0.39, 0.29) is 0 Å². The largest absolute Gasteiger partial charge is 0.311 e. The van der Waals surface area contributed by atoms with Gasteiger partial charge in [0.2, 0.25) is 0 Å². The van der Waals surface area contributed by atoms with Crippen molar-refractivity contribution in [2.24, 2.45) is 0 Å². The van der Waals surface area contributed by atoms with Crippen molar-refractivity contribution < 1.29 is 0 Å². The van der Waals surface area contributed by atoms with Crippen LogP contribution in [0.2, 0.25) is 0 Å². The summed E-state index contributed by atoms with van der Waals surface area (Å²) in [5.41, 5.74) is 15.2. The summed E-state index contributed by atoms with van der Waals surface area (Å²) in [7, 11) is 0. The van der Waals surface area contributed by atoms with E-state index in [2.05, 4.69) is 237 Å². The fourth-order valence-corrected chi connectivity index (χ4v) is 7.41. The Morgan fingerprint density at radius 1 is 0.275 bits per heavy atom. The zero-order valence-corrected chi connectivity index (χ0v) is 30.9. The lowest BCUT2D eigenvalue weighted by molar-refractivity contribution is 1.28. The molecule has 0 radical (unpaired) electrons. The van der Waals surface area contributed by atoms with Gasteiger partial charge in [0.05, 0.1) is 0 Å². The van der Waals surface area contributed by atoms with Crippen LogP contribution >= 0.6 is 31.9 Å². The minimum atomic E-state index is 1.05. The third-order valence-corrected chi connectivity index (χ3v) is 10.3. The van der Waals surface area contributed by atoms with Gasteiger partial charge in [0.25, 0.3) is 0 Å². The quantitative estimate of drug-likeness (QED) is 0.148. The van der Waals surface area contributed by atoms with Gasteiger partial charge in [-0.05, 0) is 122 Å². The fourth-order valence-electron chi connectivity index (χ4n) is 6.88. The molecule has 0 aliphatic carbocycles. The highest BCUT2D eigenvalue weighted by Gasteiger charge is 2.24. The van der Waals surface area contributed by atoms with Gasteiger partial charge in [-0.1, -0.05) is 165 Å². The van der Waals surface area contributed by atoms with Gasteiger partial charge in [0, 0.05) is 26.0 Å². The van der Waals surface area contributed by atoms with Crippen molar-refractivity contribution in [2.45, 2.75) is 0 Å². The van der Waals surface area contributed by atoms with Crippen molar-refractivity contribution in [1.29, 1.82) is 0 Å². The first-order valence-electron chi connectivity index (χ1n) is 17.0. The van der Waals surface area contributed by atoms with E-state index in [0.29, 0.717) is 0 Å². The summed E-state index contributed by atoms with van der Waals surface area (Å²) in [5, 5.41) is 0. The van der Waals surface area contributed by atoms with Crippen LogP contribution in [0.3, 0.4) is 0 Å². The SMILES string of the molecule is Brc1ccc(N(c2ccc(Br)cc2)c2ccc(-c3cc(-c4ccccc4)c(-c4ccccc4)c(-c4ccccc4)c3-c3ccccc3)cc2)cc1. The molecule has 0 fully saturated rings. The molecule has 8 aromatic carbocycles.